The fourth-order valence-electron chi connectivity index (χ4n) is 1.93. The zero-order chi connectivity index (χ0) is 15.5. The summed E-state index contributed by atoms with van der Waals surface area (Å²) in [7, 11) is 0. The van der Waals surface area contributed by atoms with Crippen LogP contribution in [0.15, 0.2) is 60.8 Å². The lowest BCUT2D eigenvalue weighted by molar-refractivity contribution is 0.248. The molecule has 3 rings (SSSR count). The van der Waals surface area contributed by atoms with Crippen molar-refractivity contribution in [2.24, 2.45) is 5.73 Å². The Morgan fingerprint density at radius 1 is 1.00 bits per heavy atom. The molecule has 0 aliphatic rings. The Kier molecular flexibility index (Phi) is 4.10. The van der Waals surface area contributed by atoms with E-state index < -0.39 is 6.03 Å². The molecule has 5 nitrogen and oxygen atoms in total. The van der Waals surface area contributed by atoms with Crippen LogP contribution in [0.25, 0.3) is 11.3 Å². The van der Waals surface area contributed by atoms with Crippen LogP contribution in [0, 0.1) is 3.57 Å². The topological polar surface area (TPSA) is 70.1 Å². The minimum absolute atomic E-state index is 0.607. The number of carbonyl (C=O) groups excluding carboxylic acids is 1. The second-order valence-electron chi connectivity index (χ2n) is 4.56. The van der Waals surface area contributed by atoms with Crippen LogP contribution in [0.4, 0.5) is 4.79 Å². The van der Waals surface area contributed by atoms with Crippen molar-refractivity contribution in [2.75, 3.05) is 0 Å². The van der Waals surface area contributed by atoms with Crippen LogP contribution in [0.5, 0.6) is 11.5 Å². The summed E-state index contributed by atoms with van der Waals surface area (Å²) in [6, 6.07) is 16.4. The first-order valence-electron chi connectivity index (χ1n) is 6.51. The zero-order valence-electron chi connectivity index (χ0n) is 11.4. The molecule has 0 fully saturated rings. The third kappa shape index (κ3) is 3.28. The maximum Gasteiger partial charge on any atom is 0.339 e. The first-order chi connectivity index (χ1) is 10.6. The van der Waals surface area contributed by atoms with E-state index in [0.717, 1.165) is 25.3 Å². The Morgan fingerprint density at radius 3 is 2.14 bits per heavy atom. The number of aromatic nitrogens is 2. The average Bonchev–Trinajstić information content (AvgIpc) is 3.00. The van der Waals surface area contributed by atoms with Gasteiger partial charge in [-0.05, 0) is 77.2 Å². The van der Waals surface area contributed by atoms with Crippen LogP contribution in [-0.2, 0) is 0 Å². The van der Waals surface area contributed by atoms with Crippen molar-refractivity contribution in [1.82, 2.24) is 9.78 Å². The Labute approximate surface area is 140 Å². The predicted octanol–water partition coefficient (Wildman–Crippen LogP) is 3.87. The molecule has 0 aliphatic heterocycles. The van der Waals surface area contributed by atoms with Crippen LogP contribution in [0.1, 0.15) is 0 Å². The number of rotatable bonds is 3. The zero-order valence-corrected chi connectivity index (χ0v) is 13.6. The van der Waals surface area contributed by atoms with Gasteiger partial charge >= 0.3 is 6.03 Å². The number of amides is 1. The van der Waals surface area contributed by atoms with E-state index in [1.807, 2.05) is 48.5 Å². The second-order valence-corrected chi connectivity index (χ2v) is 5.81. The molecule has 0 radical (unpaired) electrons. The molecule has 22 heavy (non-hydrogen) atoms. The number of hydrogen-bond donors (Lipinski definition) is 1. The number of halogens is 1. The van der Waals surface area contributed by atoms with Crippen molar-refractivity contribution < 1.29 is 9.53 Å². The molecule has 1 aromatic heterocycles. The van der Waals surface area contributed by atoms with Crippen LogP contribution in [-0.4, -0.2) is 15.8 Å². The molecule has 110 valence electrons. The van der Waals surface area contributed by atoms with Crippen LogP contribution >= 0.6 is 22.6 Å². The highest BCUT2D eigenvalue weighted by molar-refractivity contribution is 14.1. The van der Waals surface area contributed by atoms with E-state index >= 15 is 0 Å². The van der Waals surface area contributed by atoms with Crippen LogP contribution in [0.3, 0.4) is 0 Å². The maximum atomic E-state index is 11.0. The predicted molar refractivity (Wildman–Crippen MR) is 91.9 cm³/mol. The summed E-state index contributed by atoms with van der Waals surface area (Å²) in [5, 5.41) is 4.10. The molecule has 0 unspecified atom stereocenters. The van der Waals surface area contributed by atoms with Crippen LogP contribution in [0.2, 0.25) is 0 Å². The smallest absolute Gasteiger partial charge is 0.339 e. The molecule has 0 saturated heterocycles. The van der Waals surface area contributed by atoms with E-state index in [9.17, 15) is 4.79 Å². The maximum absolute atomic E-state index is 11.0. The molecule has 0 spiro atoms. The van der Waals surface area contributed by atoms with E-state index in [1.54, 1.807) is 6.07 Å². The molecule has 2 aromatic carbocycles. The normalized spacial score (nSPS) is 10.4. The summed E-state index contributed by atoms with van der Waals surface area (Å²) in [5.41, 5.74) is 6.73. The van der Waals surface area contributed by atoms with Gasteiger partial charge in [0.1, 0.15) is 11.5 Å². The van der Waals surface area contributed by atoms with E-state index in [0.29, 0.717) is 5.69 Å². The number of carbonyl (C=O) groups is 1. The van der Waals surface area contributed by atoms with Crippen molar-refractivity contribution in [1.29, 1.82) is 0 Å². The standard InChI is InChI=1S/C16H12IN3O2/c17-12-3-7-14(8-4-12)22-13-5-1-11(2-6-13)15-9-10-20(19-15)16(18)21/h1-10H,(H2,18,21)/i17-4. The van der Waals surface area contributed by atoms with Gasteiger partial charge in [0.05, 0.1) is 5.69 Å². The fraction of sp³-hybridized carbons (Fsp3) is 0. The molecule has 0 bridgehead atoms. The number of benzene rings is 2. The van der Waals surface area contributed by atoms with E-state index in [2.05, 4.69) is 27.7 Å². The van der Waals surface area contributed by atoms with Crippen molar-refractivity contribution in [3.05, 3.63) is 64.4 Å². The largest absolute Gasteiger partial charge is 0.457 e. The molecule has 2 N–H and O–H groups in total. The van der Waals surface area contributed by atoms with E-state index in [4.69, 9.17) is 10.5 Å². The number of hydrogen-bond acceptors (Lipinski definition) is 3. The van der Waals surface area contributed by atoms with Gasteiger partial charge in [-0.25, -0.2) is 4.79 Å². The minimum Gasteiger partial charge on any atom is -0.457 e. The van der Waals surface area contributed by atoms with Gasteiger partial charge in [0.2, 0.25) is 0 Å². The highest BCUT2D eigenvalue weighted by Crippen LogP contribution is 2.25. The van der Waals surface area contributed by atoms with Gasteiger partial charge in [-0.2, -0.15) is 9.78 Å². The lowest BCUT2D eigenvalue weighted by atomic mass is 10.1. The monoisotopic (exact) mass is 401 g/mol. The SMILES string of the molecule is NC(=O)n1ccc(-c2ccc(Oc3ccc([123I])cc3)cc2)n1. The van der Waals surface area contributed by atoms with Gasteiger partial charge in [0.15, 0.2) is 0 Å². The summed E-state index contributed by atoms with van der Waals surface area (Å²) in [6.07, 6.45) is 1.54. The Hall–Kier alpha value is -2.35. The van der Waals surface area contributed by atoms with Crippen LogP contribution < -0.4 is 10.5 Å². The van der Waals surface area contributed by atoms with Gasteiger partial charge in [0, 0.05) is 15.3 Å². The Morgan fingerprint density at radius 2 is 1.59 bits per heavy atom. The van der Waals surface area contributed by atoms with E-state index in [-0.39, 0.29) is 0 Å². The summed E-state index contributed by atoms with van der Waals surface area (Å²) in [5.74, 6) is 1.52. The number of primary amides is 1. The van der Waals surface area contributed by atoms with Gasteiger partial charge < -0.3 is 10.5 Å². The highest BCUT2D eigenvalue weighted by Gasteiger charge is 2.06. The van der Waals surface area contributed by atoms with Crippen molar-refractivity contribution in [2.45, 2.75) is 0 Å². The molecule has 1 amide bonds. The molecule has 3 aromatic rings. The van der Waals surface area contributed by atoms with Gasteiger partial charge in [0.25, 0.3) is 0 Å². The molecule has 1 heterocycles. The molecule has 0 atom stereocenters. The second kappa shape index (κ2) is 6.18. The highest BCUT2D eigenvalue weighted by atomic mass is 123. The summed E-state index contributed by atoms with van der Waals surface area (Å²) >= 11 is 2.25. The van der Waals surface area contributed by atoms with Crippen molar-refractivity contribution in [3.63, 3.8) is 0 Å². The first kappa shape index (κ1) is 14.6. The molecule has 6 heteroatoms. The lowest BCUT2D eigenvalue weighted by Gasteiger charge is -2.06. The van der Waals surface area contributed by atoms with Gasteiger partial charge in [-0.1, -0.05) is 0 Å². The minimum atomic E-state index is -0.607. The summed E-state index contributed by atoms with van der Waals surface area (Å²) < 4.78 is 8.02. The van der Waals surface area contributed by atoms with E-state index in [1.165, 1.54) is 6.20 Å². The quantitative estimate of drug-likeness (QED) is 0.678. The summed E-state index contributed by atoms with van der Waals surface area (Å²) in [4.78, 5) is 11.0. The van der Waals surface area contributed by atoms with Crippen molar-refractivity contribution in [3.8, 4) is 22.8 Å². The van der Waals surface area contributed by atoms with Gasteiger partial charge in [-0.3, -0.25) is 0 Å². The first-order valence-corrected chi connectivity index (χ1v) is 7.59. The summed E-state index contributed by atoms with van der Waals surface area (Å²) in [6.45, 7) is 0. The third-order valence-electron chi connectivity index (χ3n) is 3.01. The number of nitrogens with zero attached hydrogens (tertiary/aromatic N) is 2. The molecule has 0 saturated carbocycles. The number of nitrogens with two attached hydrogens (primary N) is 1. The number of ether oxygens (including phenoxy) is 1. The third-order valence-corrected chi connectivity index (χ3v) is 3.73. The molecular weight excluding hydrogens is 389 g/mol. The van der Waals surface area contributed by atoms with Crippen molar-refractivity contribution >= 4 is 28.6 Å². The van der Waals surface area contributed by atoms with Gasteiger partial charge in [-0.15, -0.1) is 0 Å². The fourth-order valence-corrected chi connectivity index (χ4v) is 2.29. The lowest BCUT2D eigenvalue weighted by Crippen LogP contribution is -2.19. The molecular formula is C16H12IN3O2. The Bertz CT molecular complexity index is 795. The average molecular weight is 401 g/mol. The Balaban J connectivity index is 1.77. The molecule has 0 aliphatic carbocycles.